The fourth-order valence-electron chi connectivity index (χ4n) is 3.39. The van der Waals surface area contributed by atoms with Crippen molar-refractivity contribution in [3.63, 3.8) is 0 Å². The summed E-state index contributed by atoms with van der Waals surface area (Å²) in [5, 5.41) is 3.88. The van der Waals surface area contributed by atoms with Gasteiger partial charge in [0.2, 0.25) is 0 Å². The highest BCUT2D eigenvalue weighted by Crippen LogP contribution is 2.43. The lowest BCUT2D eigenvalue weighted by Gasteiger charge is -2.19. The molecule has 0 fully saturated rings. The van der Waals surface area contributed by atoms with Gasteiger partial charge in [-0.05, 0) is 37.1 Å². The van der Waals surface area contributed by atoms with Crippen molar-refractivity contribution >= 4 is 33.4 Å². The van der Waals surface area contributed by atoms with Gasteiger partial charge in [0, 0.05) is 17.0 Å². The Labute approximate surface area is 129 Å². The van der Waals surface area contributed by atoms with Crippen LogP contribution in [-0.4, -0.2) is 23.2 Å². The van der Waals surface area contributed by atoms with Gasteiger partial charge in [-0.1, -0.05) is 47.7 Å². The third kappa shape index (κ3) is 1.91. The van der Waals surface area contributed by atoms with Gasteiger partial charge in [-0.25, -0.2) is 0 Å². The molecule has 2 aromatic carbocycles. The van der Waals surface area contributed by atoms with Crippen molar-refractivity contribution in [1.82, 2.24) is 4.90 Å². The van der Waals surface area contributed by atoms with Gasteiger partial charge in [-0.2, -0.15) is 0 Å². The molecule has 2 nitrogen and oxygen atoms in total. The summed E-state index contributed by atoms with van der Waals surface area (Å²) in [6.07, 6.45) is 0. The van der Waals surface area contributed by atoms with Crippen molar-refractivity contribution in [2.45, 2.75) is 20.8 Å². The van der Waals surface area contributed by atoms with E-state index >= 15 is 0 Å². The Hall–Kier alpha value is -1.74. The number of allylic oxidation sites excluding steroid dienone is 1. The summed E-state index contributed by atoms with van der Waals surface area (Å²) in [5.74, 6) is 0. The molecule has 0 bridgehead atoms. The lowest BCUT2D eigenvalue weighted by atomic mass is 9.96. The summed E-state index contributed by atoms with van der Waals surface area (Å²) >= 11 is 1.81. The quantitative estimate of drug-likeness (QED) is 0.766. The number of aryl methyl sites for hydroxylation is 2. The lowest BCUT2D eigenvalue weighted by Crippen LogP contribution is -2.20. The van der Waals surface area contributed by atoms with Crippen LogP contribution < -0.4 is 0 Å². The number of hydrogen-bond donors (Lipinski definition) is 0. The second-order valence-corrected chi connectivity index (χ2v) is 6.99. The first-order chi connectivity index (χ1) is 10.1. The summed E-state index contributed by atoms with van der Waals surface area (Å²) in [4.78, 5) is 8.35. The number of rotatable bonds is 1. The predicted molar refractivity (Wildman–Crippen MR) is 92.6 cm³/mol. The number of fused-ring (bicyclic) bond motifs is 2. The van der Waals surface area contributed by atoms with Gasteiger partial charge in [0.15, 0.2) is 5.17 Å². The molecule has 2 aromatic rings. The highest BCUT2D eigenvalue weighted by molar-refractivity contribution is 8.17. The first-order valence-corrected chi connectivity index (χ1v) is 8.18. The molecule has 0 spiro atoms. The molecule has 0 radical (unpaired) electrons. The SMILES string of the molecule is CC1=C(c2cccc3c(C)cc(C)cc23)N2CCN=C2S1. The smallest absolute Gasteiger partial charge is 0.168 e. The van der Waals surface area contributed by atoms with Crippen LogP contribution in [0.25, 0.3) is 16.5 Å². The summed E-state index contributed by atoms with van der Waals surface area (Å²) in [6.45, 7) is 8.52. The second kappa shape index (κ2) is 4.63. The van der Waals surface area contributed by atoms with Crippen LogP contribution in [0.4, 0.5) is 0 Å². The van der Waals surface area contributed by atoms with Crippen LogP contribution >= 0.6 is 11.8 Å². The standard InChI is InChI=1S/C18H18N2S/c1-11-9-12(2)14-5-4-6-15(16(14)10-11)17-13(3)21-18-19-7-8-20(17)18/h4-6,9-10H,7-8H2,1-3H3. The molecule has 21 heavy (non-hydrogen) atoms. The molecule has 0 N–H and O–H groups in total. The molecule has 0 atom stereocenters. The first kappa shape index (κ1) is 13.0. The Morgan fingerprint density at radius 1 is 1.10 bits per heavy atom. The summed E-state index contributed by atoms with van der Waals surface area (Å²) in [5.41, 5.74) is 5.38. The minimum absolute atomic E-state index is 0.919. The maximum atomic E-state index is 4.60. The lowest BCUT2D eigenvalue weighted by molar-refractivity contribution is 0.648. The average Bonchev–Trinajstić information content (AvgIpc) is 2.98. The Kier molecular flexibility index (Phi) is 2.86. The highest BCUT2D eigenvalue weighted by atomic mass is 32.2. The Balaban J connectivity index is 1.99. The molecule has 3 heteroatoms. The summed E-state index contributed by atoms with van der Waals surface area (Å²) < 4.78 is 0. The van der Waals surface area contributed by atoms with Crippen LogP contribution in [0, 0.1) is 13.8 Å². The van der Waals surface area contributed by atoms with Crippen LogP contribution in [0.15, 0.2) is 40.2 Å². The third-order valence-corrected chi connectivity index (χ3v) is 5.28. The fraction of sp³-hybridized carbons (Fsp3) is 0.278. The molecule has 2 aliphatic heterocycles. The number of amidine groups is 1. The van der Waals surface area contributed by atoms with Gasteiger partial charge in [-0.3, -0.25) is 4.99 Å². The minimum Gasteiger partial charge on any atom is -0.318 e. The molecule has 0 saturated carbocycles. The largest absolute Gasteiger partial charge is 0.318 e. The molecular formula is C18H18N2S. The van der Waals surface area contributed by atoms with E-state index in [-0.39, 0.29) is 0 Å². The molecule has 4 rings (SSSR count). The van der Waals surface area contributed by atoms with Crippen LogP contribution in [0.3, 0.4) is 0 Å². The number of nitrogens with zero attached hydrogens (tertiary/aromatic N) is 2. The van der Waals surface area contributed by atoms with E-state index in [1.807, 2.05) is 11.8 Å². The maximum absolute atomic E-state index is 4.60. The molecule has 0 unspecified atom stereocenters. The third-order valence-electron chi connectivity index (χ3n) is 4.25. The monoisotopic (exact) mass is 294 g/mol. The second-order valence-electron chi connectivity index (χ2n) is 5.81. The highest BCUT2D eigenvalue weighted by Gasteiger charge is 2.31. The normalized spacial score (nSPS) is 17.7. The van der Waals surface area contributed by atoms with Gasteiger partial charge in [0.1, 0.15) is 0 Å². The van der Waals surface area contributed by atoms with Crippen LogP contribution in [0.5, 0.6) is 0 Å². The van der Waals surface area contributed by atoms with Gasteiger partial charge in [0.05, 0.1) is 12.2 Å². The Bertz CT molecular complexity index is 817. The fourth-order valence-corrected chi connectivity index (χ4v) is 4.43. The van der Waals surface area contributed by atoms with E-state index in [2.05, 4.69) is 61.0 Å². The Morgan fingerprint density at radius 2 is 1.95 bits per heavy atom. The summed E-state index contributed by atoms with van der Waals surface area (Å²) in [6, 6.07) is 11.2. The van der Waals surface area contributed by atoms with Crippen molar-refractivity contribution in [1.29, 1.82) is 0 Å². The molecule has 2 aliphatic rings. The van der Waals surface area contributed by atoms with E-state index < -0.39 is 0 Å². The number of hydrogen-bond acceptors (Lipinski definition) is 3. The topological polar surface area (TPSA) is 15.6 Å². The van der Waals surface area contributed by atoms with Gasteiger partial charge < -0.3 is 4.90 Å². The number of benzene rings is 2. The predicted octanol–water partition coefficient (Wildman–Crippen LogP) is 4.56. The van der Waals surface area contributed by atoms with Crippen LogP contribution in [0.1, 0.15) is 23.6 Å². The van der Waals surface area contributed by atoms with E-state index in [1.165, 1.54) is 43.2 Å². The van der Waals surface area contributed by atoms with E-state index in [4.69, 9.17) is 0 Å². The molecule has 0 aliphatic carbocycles. The zero-order valence-corrected chi connectivity index (χ0v) is 13.4. The van der Waals surface area contributed by atoms with E-state index in [0.717, 1.165) is 13.1 Å². The van der Waals surface area contributed by atoms with Crippen molar-refractivity contribution in [3.8, 4) is 0 Å². The Morgan fingerprint density at radius 3 is 2.81 bits per heavy atom. The molecule has 2 heterocycles. The van der Waals surface area contributed by atoms with Crippen LogP contribution in [0.2, 0.25) is 0 Å². The maximum Gasteiger partial charge on any atom is 0.168 e. The average molecular weight is 294 g/mol. The van der Waals surface area contributed by atoms with E-state index in [0.29, 0.717) is 0 Å². The van der Waals surface area contributed by atoms with Crippen molar-refractivity contribution in [2.75, 3.05) is 13.1 Å². The van der Waals surface area contributed by atoms with E-state index in [9.17, 15) is 0 Å². The van der Waals surface area contributed by atoms with Gasteiger partial charge >= 0.3 is 0 Å². The number of aliphatic imine (C=N–C) groups is 1. The van der Waals surface area contributed by atoms with Crippen molar-refractivity contribution in [2.24, 2.45) is 4.99 Å². The van der Waals surface area contributed by atoms with Gasteiger partial charge in [0.25, 0.3) is 0 Å². The molecule has 0 saturated heterocycles. The van der Waals surface area contributed by atoms with Gasteiger partial charge in [-0.15, -0.1) is 0 Å². The minimum atomic E-state index is 0.919. The zero-order chi connectivity index (χ0) is 14.6. The van der Waals surface area contributed by atoms with Crippen molar-refractivity contribution in [3.05, 3.63) is 51.9 Å². The summed E-state index contributed by atoms with van der Waals surface area (Å²) in [7, 11) is 0. The van der Waals surface area contributed by atoms with E-state index in [1.54, 1.807) is 0 Å². The molecule has 106 valence electrons. The first-order valence-electron chi connectivity index (χ1n) is 7.36. The molecule has 0 amide bonds. The zero-order valence-electron chi connectivity index (χ0n) is 12.6. The van der Waals surface area contributed by atoms with Crippen LogP contribution in [-0.2, 0) is 0 Å². The number of thioether (sulfide) groups is 1. The van der Waals surface area contributed by atoms with Crippen molar-refractivity contribution < 1.29 is 0 Å². The molecule has 0 aromatic heterocycles. The molecular weight excluding hydrogens is 276 g/mol.